The van der Waals surface area contributed by atoms with E-state index in [-0.39, 0.29) is 22.8 Å². The lowest BCUT2D eigenvalue weighted by Gasteiger charge is -2.30. The van der Waals surface area contributed by atoms with Crippen LogP contribution in [0.15, 0.2) is 64.6 Å². The molecule has 1 heterocycles. The number of allylic oxidation sites excluding steroid dienone is 4. The van der Waals surface area contributed by atoms with E-state index in [4.69, 9.17) is 4.74 Å². The molecule has 0 unspecified atom stereocenters. The van der Waals surface area contributed by atoms with E-state index in [2.05, 4.69) is 35.5 Å². The Morgan fingerprint density at radius 2 is 1.97 bits per heavy atom. The van der Waals surface area contributed by atoms with Gasteiger partial charge >= 0.3 is 5.51 Å². The van der Waals surface area contributed by atoms with Gasteiger partial charge in [-0.2, -0.15) is 13.2 Å². The first-order valence-electron chi connectivity index (χ1n) is 9.82. The Bertz CT molecular complexity index is 708. The fraction of sp³-hybridized carbons (Fsp3) is 0.455. The molecule has 0 radical (unpaired) electrons. The van der Waals surface area contributed by atoms with Crippen LogP contribution in [0.4, 0.5) is 13.2 Å². The second kappa shape index (κ2) is 12.4. The molecule has 0 aromatic heterocycles. The quantitative estimate of drug-likeness (QED) is 0.224. The van der Waals surface area contributed by atoms with Crippen LogP contribution in [0.25, 0.3) is 0 Å². The van der Waals surface area contributed by atoms with Crippen molar-refractivity contribution in [1.29, 1.82) is 0 Å². The fourth-order valence-corrected chi connectivity index (χ4v) is 4.70. The van der Waals surface area contributed by atoms with Crippen molar-refractivity contribution in [1.82, 2.24) is 4.31 Å². The molecule has 1 aromatic carbocycles. The predicted molar refractivity (Wildman–Crippen MR) is 118 cm³/mol. The highest BCUT2D eigenvalue weighted by Crippen LogP contribution is 2.37. The van der Waals surface area contributed by atoms with E-state index in [1.807, 2.05) is 11.9 Å². The molecule has 0 aliphatic carbocycles. The second-order valence-electron chi connectivity index (χ2n) is 6.66. The van der Waals surface area contributed by atoms with Gasteiger partial charge in [0.15, 0.2) is 0 Å². The number of alkyl halides is 3. The monoisotopic (exact) mass is 443 g/mol. The number of benzene rings is 1. The summed E-state index contributed by atoms with van der Waals surface area (Å²) in [7, 11) is 0. The summed E-state index contributed by atoms with van der Waals surface area (Å²) in [6.07, 6.45) is 11.6. The number of nitrogens with zero attached hydrogens (tertiary/aromatic N) is 1. The molecule has 1 aliphatic heterocycles. The molecule has 0 atom stereocenters. The highest BCUT2D eigenvalue weighted by Gasteiger charge is 2.29. The van der Waals surface area contributed by atoms with Crippen LogP contribution in [0, 0.1) is 0 Å². The predicted octanol–water partition coefficient (Wildman–Crippen LogP) is 7.35. The Morgan fingerprint density at radius 1 is 1.24 bits per heavy atom. The van der Waals surface area contributed by atoms with Crippen molar-refractivity contribution < 1.29 is 17.9 Å². The number of halogens is 3. The number of hydrogen-bond donors (Lipinski definition) is 0. The number of thioether (sulfide) groups is 1. The van der Waals surface area contributed by atoms with Crippen LogP contribution in [0.2, 0.25) is 0 Å². The molecule has 1 aromatic rings. The number of aryl methyl sites for hydroxylation is 1. The molecular weight excluding hydrogens is 415 g/mol. The number of ether oxygens (including phenoxy) is 1. The maximum atomic E-state index is 12.5. The van der Waals surface area contributed by atoms with Crippen LogP contribution in [0.5, 0.6) is 0 Å². The van der Waals surface area contributed by atoms with Crippen molar-refractivity contribution in [2.45, 2.75) is 56.0 Å². The number of rotatable bonds is 9. The van der Waals surface area contributed by atoms with Crippen molar-refractivity contribution in [3.63, 3.8) is 0 Å². The summed E-state index contributed by atoms with van der Waals surface area (Å²) in [5.41, 5.74) is -2.90. The normalized spacial score (nSPS) is 17.5. The van der Waals surface area contributed by atoms with E-state index >= 15 is 0 Å². The third kappa shape index (κ3) is 9.36. The first kappa shape index (κ1) is 24.0. The van der Waals surface area contributed by atoms with Gasteiger partial charge in [0.25, 0.3) is 0 Å². The average molecular weight is 444 g/mol. The van der Waals surface area contributed by atoms with E-state index in [9.17, 15) is 13.2 Å². The Hall–Kier alpha value is -1.31. The first-order chi connectivity index (χ1) is 13.9. The van der Waals surface area contributed by atoms with Gasteiger partial charge in [-0.25, -0.2) is 4.31 Å². The van der Waals surface area contributed by atoms with E-state index in [0.29, 0.717) is 0 Å². The molecule has 29 heavy (non-hydrogen) atoms. The standard InChI is InChI=1S/C22H28F3NOS2/c1-3-8-18-10-5-6-12-21(18)29-26-15-13-19(14-16-26)27-17-7-11-20(9-4-2)28-22(23,24)25/h4-7,9-12,17,19H,3,8,13-16H2,1-2H3/b9-4-,17-7+,20-11+. The lowest BCUT2D eigenvalue weighted by Crippen LogP contribution is -2.32. The Balaban J connectivity index is 1.79. The van der Waals surface area contributed by atoms with Gasteiger partial charge in [0.2, 0.25) is 0 Å². The summed E-state index contributed by atoms with van der Waals surface area (Å²) < 4.78 is 45.6. The minimum absolute atomic E-state index is 0.0998. The summed E-state index contributed by atoms with van der Waals surface area (Å²) >= 11 is 1.69. The molecule has 2 nitrogen and oxygen atoms in total. The second-order valence-corrected chi connectivity index (χ2v) is 8.94. The Labute approximate surface area is 180 Å². The fourth-order valence-electron chi connectivity index (χ4n) is 2.98. The van der Waals surface area contributed by atoms with Crippen molar-refractivity contribution in [3.8, 4) is 0 Å². The lowest BCUT2D eigenvalue weighted by molar-refractivity contribution is -0.0321. The van der Waals surface area contributed by atoms with Crippen LogP contribution < -0.4 is 0 Å². The van der Waals surface area contributed by atoms with Crippen LogP contribution >= 0.6 is 23.7 Å². The van der Waals surface area contributed by atoms with Crippen molar-refractivity contribution in [3.05, 3.63) is 65.3 Å². The van der Waals surface area contributed by atoms with Gasteiger partial charge in [0, 0.05) is 22.9 Å². The van der Waals surface area contributed by atoms with Crippen molar-refractivity contribution in [2.75, 3.05) is 13.1 Å². The highest BCUT2D eigenvalue weighted by atomic mass is 32.2. The number of hydrogen-bond acceptors (Lipinski definition) is 4. The Kier molecular flexibility index (Phi) is 10.2. The molecule has 160 valence electrons. The zero-order chi connectivity index (χ0) is 21.1. The molecule has 0 N–H and O–H groups in total. The molecule has 2 rings (SSSR count). The van der Waals surface area contributed by atoms with Crippen molar-refractivity contribution in [2.24, 2.45) is 0 Å². The SMILES string of the molecule is C\C=C/C(=C\C=C\OC1CCN(Sc2ccccc2CCC)CC1)SC(F)(F)F. The molecule has 1 fully saturated rings. The van der Waals surface area contributed by atoms with E-state index in [1.54, 1.807) is 13.0 Å². The van der Waals surface area contributed by atoms with Gasteiger partial charge in [-0.15, -0.1) is 0 Å². The van der Waals surface area contributed by atoms with E-state index in [1.165, 1.54) is 34.9 Å². The number of piperidine rings is 1. The highest BCUT2D eigenvalue weighted by molar-refractivity contribution is 8.04. The van der Waals surface area contributed by atoms with Gasteiger partial charge in [-0.1, -0.05) is 43.7 Å². The van der Waals surface area contributed by atoms with Gasteiger partial charge < -0.3 is 4.74 Å². The smallest absolute Gasteiger partial charge is 0.446 e. The minimum Gasteiger partial charge on any atom is -0.498 e. The third-order valence-corrected chi connectivity index (χ3v) is 6.25. The summed E-state index contributed by atoms with van der Waals surface area (Å²) in [5, 5.41) is 0. The summed E-state index contributed by atoms with van der Waals surface area (Å²) in [5.74, 6) is 0. The maximum Gasteiger partial charge on any atom is 0.446 e. The molecule has 0 bridgehead atoms. The molecule has 0 spiro atoms. The van der Waals surface area contributed by atoms with Crippen LogP contribution in [0.1, 0.15) is 38.7 Å². The van der Waals surface area contributed by atoms with Gasteiger partial charge in [0.05, 0.1) is 6.26 Å². The molecule has 0 saturated carbocycles. The topological polar surface area (TPSA) is 12.5 Å². The molecule has 1 saturated heterocycles. The summed E-state index contributed by atoms with van der Waals surface area (Å²) in [6.45, 7) is 5.73. The zero-order valence-corrected chi connectivity index (χ0v) is 18.5. The third-order valence-electron chi connectivity index (χ3n) is 4.29. The summed E-state index contributed by atoms with van der Waals surface area (Å²) in [6, 6.07) is 8.53. The first-order valence-corrected chi connectivity index (χ1v) is 11.4. The average Bonchev–Trinajstić information content (AvgIpc) is 2.67. The van der Waals surface area contributed by atoms with Crippen LogP contribution in [-0.4, -0.2) is 29.0 Å². The van der Waals surface area contributed by atoms with Crippen molar-refractivity contribution >= 4 is 23.7 Å². The van der Waals surface area contributed by atoms with Crippen LogP contribution in [0.3, 0.4) is 0 Å². The molecule has 1 aliphatic rings. The molecular formula is C22H28F3NOS2. The minimum atomic E-state index is -4.29. The van der Waals surface area contributed by atoms with E-state index < -0.39 is 5.51 Å². The lowest BCUT2D eigenvalue weighted by atomic mass is 10.1. The summed E-state index contributed by atoms with van der Waals surface area (Å²) in [4.78, 5) is 1.45. The Morgan fingerprint density at radius 3 is 2.62 bits per heavy atom. The van der Waals surface area contributed by atoms with Gasteiger partial charge in [0.1, 0.15) is 6.10 Å². The molecule has 7 heteroatoms. The van der Waals surface area contributed by atoms with Gasteiger partial charge in [-0.05, 0) is 73.7 Å². The van der Waals surface area contributed by atoms with Gasteiger partial charge in [-0.3, -0.25) is 0 Å². The molecule has 0 amide bonds. The largest absolute Gasteiger partial charge is 0.498 e. The zero-order valence-electron chi connectivity index (χ0n) is 16.8. The van der Waals surface area contributed by atoms with Crippen LogP contribution in [-0.2, 0) is 11.2 Å². The maximum absolute atomic E-state index is 12.5. The van der Waals surface area contributed by atoms with E-state index in [0.717, 1.165) is 38.8 Å².